The quantitative estimate of drug-likeness (QED) is 0.768. The summed E-state index contributed by atoms with van der Waals surface area (Å²) in [5.41, 5.74) is 0. The lowest BCUT2D eigenvalue weighted by atomic mass is 9.90. The van der Waals surface area contributed by atoms with E-state index in [1.807, 2.05) is 0 Å². The van der Waals surface area contributed by atoms with Crippen LogP contribution in [0.3, 0.4) is 0 Å². The third-order valence-corrected chi connectivity index (χ3v) is 4.11. The van der Waals surface area contributed by atoms with Crippen LogP contribution in [0.25, 0.3) is 0 Å². The summed E-state index contributed by atoms with van der Waals surface area (Å²) < 4.78 is 0. The van der Waals surface area contributed by atoms with Gasteiger partial charge in [0.25, 0.3) is 0 Å². The van der Waals surface area contributed by atoms with Crippen molar-refractivity contribution in [3.8, 4) is 0 Å². The van der Waals surface area contributed by atoms with Crippen molar-refractivity contribution >= 4 is 0 Å². The van der Waals surface area contributed by atoms with Gasteiger partial charge < -0.3 is 10.2 Å². The molecule has 2 aliphatic heterocycles. The zero-order chi connectivity index (χ0) is 10.5. The van der Waals surface area contributed by atoms with Gasteiger partial charge in [0.2, 0.25) is 0 Å². The molecule has 0 aliphatic carbocycles. The maximum Gasteiger partial charge on any atom is 0.0197 e. The van der Waals surface area contributed by atoms with Gasteiger partial charge in [-0.1, -0.05) is 19.8 Å². The van der Waals surface area contributed by atoms with E-state index in [4.69, 9.17) is 0 Å². The Hall–Kier alpha value is -0.0800. The van der Waals surface area contributed by atoms with Gasteiger partial charge in [-0.15, -0.1) is 0 Å². The monoisotopic (exact) mass is 210 g/mol. The van der Waals surface area contributed by atoms with Gasteiger partial charge in [-0.05, 0) is 51.2 Å². The Morgan fingerprint density at radius 1 is 1.20 bits per heavy atom. The molecule has 0 radical (unpaired) electrons. The number of hydrogen-bond donors (Lipinski definition) is 1. The molecular weight excluding hydrogens is 184 g/mol. The van der Waals surface area contributed by atoms with E-state index in [2.05, 4.69) is 17.1 Å². The Balaban J connectivity index is 1.72. The average molecular weight is 210 g/mol. The molecule has 2 atom stereocenters. The number of nitrogens with zero attached hydrogens (tertiary/aromatic N) is 1. The number of piperidine rings is 2. The second-order valence-corrected chi connectivity index (χ2v) is 5.31. The lowest BCUT2D eigenvalue weighted by Crippen LogP contribution is -2.47. The average Bonchev–Trinajstić information content (AvgIpc) is 2.31. The minimum Gasteiger partial charge on any atom is -0.313 e. The fourth-order valence-corrected chi connectivity index (χ4v) is 3.06. The van der Waals surface area contributed by atoms with E-state index in [0.717, 1.165) is 12.0 Å². The highest BCUT2D eigenvalue weighted by molar-refractivity contribution is 4.81. The molecule has 1 N–H and O–H groups in total. The third kappa shape index (κ3) is 3.46. The van der Waals surface area contributed by atoms with E-state index >= 15 is 0 Å². The molecule has 0 aromatic carbocycles. The molecule has 2 aliphatic rings. The van der Waals surface area contributed by atoms with Gasteiger partial charge >= 0.3 is 0 Å². The molecule has 2 heteroatoms. The number of hydrogen-bond acceptors (Lipinski definition) is 2. The first-order chi connectivity index (χ1) is 7.38. The van der Waals surface area contributed by atoms with Crippen LogP contribution in [0.4, 0.5) is 0 Å². The normalized spacial score (nSPS) is 34.2. The lowest BCUT2D eigenvalue weighted by molar-refractivity contribution is 0.176. The predicted octanol–water partition coefficient (Wildman–Crippen LogP) is 2.25. The summed E-state index contributed by atoms with van der Waals surface area (Å²) in [6.45, 7) is 7.57. The van der Waals surface area contributed by atoms with Crippen LogP contribution < -0.4 is 5.32 Å². The highest BCUT2D eigenvalue weighted by atomic mass is 15.2. The van der Waals surface area contributed by atoms with Gasteiger partial charge in [-0.2, -0.15) is 0 Å². The summed E-state index contributed by atoms with van der Waals surface area (Å²) in [6, 6.07) is 0.779. The fourth-order valence-electron chi connectivity index (χ4n) is 3.06. The molecule has 0 amide bonds. The van der Waals surface area contributed by atoms with Gasteiger partial charge in [0.05, 0.1) is 0 Å². The van der Waals surface area contributed by atoms with Crippen molar-refractivity contribution in [2.45, 2.75) is 51.5 Å². The lowest BCUT2D eigenvalue weighted by Gasteiger charge is -2.35. The molecule has 0 spiro atoms. The van der Waals surface area contributed by atoms with E-state index in [-0.39, 0.29) is 0 Å². The summed E-state index contributed by atoms with van der Waals surface area (Å²) in [6.07, 6.45) is 8.47. The minimum atomic E-state index is 0.779. The molecule has 15 heavy (non-hydrogen) atoms. The van der Waals surface area contributed by atoms with Gasteiger partial charge in [0, 0.05) is 12.6 Å². The molecule has 0 bridgehead atoms. The fraction of sp³-hybridized carbons (Fsp3) is 1.00. The summed E-state index contributed by atoms with van der Waals surface area (Å²) in [7, 11) is 0. The van der Waals surface area contributed by atoms with Crippen LogP contribution in [-0.4, -0.2) is 37.1 Å². The van der Waals surface area contributed by atoms with Crippen LogP contribution >= 0.6 is 0 Å². The largest absolute Gasteiger partial charge is 0.313 e. The third-order valence-electron chi connectivity index (χ3n) is 4.11. The van der Waals surface area contributed by atoms with Crippen molar-refractivity contribution in [3.05, 3.63) is 0 Å². The Labute approximate surface area is 94.4 Å². The molecule has 2 rings (SSSR count). The van der Waals surface area contributed by atoms with Crippen LogP contribution in [0.1, 0.15) is 45.4 Å². The summed E-state index contributed by atoms with van der Waals surface area (Å²) in [4.78, 5) is 2.67. The first-order valence-electron chi connectivity index (χ1n) is 6.84. The van der Waals surface area contributed by atoms with Crippen LogP contribution in [0.5, 0.6) is 0 Å². The standard InChI is InChI=1S/C13H26N2/c1-2-12-6-7-14-13(10-12)11-15-8-4-3-5-9-15/h12-14H,2-11H2,1H3. The van der Waals surface area contributed by atoms with E-state index < -0.39 is 0 Å². The van der Waals surface area contributed by atoms with Crippen molar-refractivity contribution < 1.29 is 0 Å². The molecule has 2 fully saturated rings. The maximum atomic E-state index is 3.69. The SMILES string of the molecule is CCC1CCNC(CN2CCCCC2)C1. The minimum absolute atomic E-state index is 0.779. The van der Waals surface area contributed by atoms with E-state index in [0.29, 0.717) is 0 Å². The highest BCUT2D eigenvalue weighted by Crippen LogP contribution is 2.20. The molecular formula is C13H26N2. The van der Waals surface area contributed by atoms with Crippen molar-refractivity contribution in [1.29, 1.82) is 0 Å². The van der Waals surface area contributed by atoms with E-state index in [1.54, 1.807) is 0 Å². The second-order valence-electron chi connectivity index (χ2n) is 5.31. The summed E-state index contributed by atoms with van der Waals surface area (Å²) in [5.74, 6) is 0.987. The first kappa shape index (κ1) is 11.4. The molecule has 0 aromatic heterocycles. The van der Waals surface area contributed by atoms with Crippen LogP contribution in [0.2, 0.25) is 0 Å². The van der Waals surface area contributed by atoms with Crippen molar-refractivity contribution in [3.63, 3.8) is 0 Å². The van der Waals surface area contributed by atoms with Crippen LogP contribution in [0.15, 0.2) is 0 Å². The molecule has 2 unspecified atom stereocenters. The smallest absolute Gasteiger partial charge is 0.0197 e. The topological polar surface area (TPSA) is 15.3 Å². The van der Waals surface area contributed by atoms with Crippen molar-refractivity contribution in [1.82, 2.24) is 10.2 Å². The molecule has 88 valence electrons. The van der Waals surface area contributed by atoms with Gasteiger partial charge in [-0.3, -0.25) is 0 Å². The van der Waals surface area contributed by atoms with Crippen molar-refractivity contribution in [2.75, 3.05) is 26.2 Å². The number of likely N-dealkylation sites (tertiary alicyclic amines) is 1. The molecule has 2 heterocycles. The summed E-state index contributed by atoms with van der Waals surface area (Å²) >= 11 is 0. The first-order valence-corrected chi connectivity index (χ1v) is 6.84. The van der Waals surface area contributed by atoms with Gasteiger partial charge in [0.1, 0.15) is 0 Å². The predicted molar refractivity (Wildman–Crippen MR) is 65.1 cm³/mol. The molecule has 2 saturated heterocycles. The Morgan fingerprint density at radius 3 is 2.73 bits per heavy atom. The Kier molecular flexibility index (Phi) is 4.45. The maximum absolute atomic E-state index is 3.69. The van der Waals surface area contributed by atoms with E-state index in [1.165, 1.54) is 64.7 Å². The highest BCUT2D eigenvalue weighted by Gasteiger charge is 2.22. The molecule has 0 aromatic rings. The Morgan fingerprint density at radius 2 is 2.00 bits per heavy atom. The molecule has 2 nitrogen and oxygen atoms in total. The van der Waals surface area contributed by atoms with Gasteiger partial charge in [-0.25, -0.2) is 0 Å². The number of rotatable bonds is 3. The van der Waals surface area contributed by atoms with Crippen LogP contribution in [-0.2, 0) is 0 Å². The van der Waals surface area contributed by atoms with E-state index in [9.17, 15) is 0 Å². The second kappa shape index (κ2) is 5.86. The number of nitrogens with one attached hydrogen (secondary N) is 1. The van der Waals surface area contributed by atoms with Gasteiger partial charge in [0.15, 0.2) is 0 Å². The Bertz CT molecular complexity index is 175. The zero-order valence-corrected chi connectivity index (χ0v) is 10.2. The zero-order valence-electron chi connectivity index (χ0n) is 10.2. The molecule has 0 saturated carbocycles. The van der Waals surface area contributed by atoms with Crippen LogP contribution in [0, 0.1) is 5.92 Å². The van der Waals surface area contributed by atoms with Crippen molar-refractivity contribution in [2.24, 2.45) is 5.92 Å². The summed E-state index contributed by atoms with van der Waals surface area (Å²) in [5, 5.41) is 3.69.